The van der Waals surface area contributed by atoms with Crippen LogP contribution in [0.2, 0.25) is 0 Å². The summed E-state index contributed by atoms with van der Waals surface area (Å²) in [6.07, 6.45) is 107. The van der Waals surface area contributed by atoms with E-state index < -0.39 is 83.4 Å². The molecule has 3 aromatic carbocycles. The maximum absolute atomic E-state index is 4.93. The van der Waals surface area contributed by atoms with E-state index >= 15 is 0 Å². The van der Waals surface area contributed by atoms with Crippen molar-refractivity contribution in [1.82, 2.24) is 0 Å². The standard InChI is InChI=1S/C31H36.C28H36.C27H44.C24H36.8CH3.8ClH.4Zr/c1-2-3-14-24-23-30(29-22-13-12-21-28(24)29)31(27-19-10-11-20-27,25-15-6-4-7-16-25)26-17-8-5-9-18-26;1-2-3-11-22-20-27(25-17-8-7-16-24(22)25)28(23-14-5-6-15-23)19-10-13-21-12-4-9-18-26(21)28;1-4-7-14-22-21-26(25-18-13-12-17-24(22)25)27(19-8-5-2,20-9-6-3)23-15-10-11-16-23;1-2-3-11-19-18-23(22-15-8-7-14-21(19)22)24(16-9-4-10-17-24)20-12-5-6-13-20;;;;;;;;;;;;;;;;;;;;/h2,4-9,12-13,15-18,21-22,24,27-30H,1,3,10-11,14,19-20,23H2;2,4,7-9,12,16-18,22-25,27H,1,3,5-6,10-11,13-15,19-20H2;4,12-13,17-18,22-26H,1,5-11,14-16,19-21H2,2-3H3;2,7-8,14-15,19-23H,1,3-6,9-13,16-18H2;8*1H3;8*1H;;;;/q;;;;8*-1;;;;;;;;;4*+4/p-8. The van der Waals surface area contributed by atoms with Gasteiger partial charge in [-0.1, -0.05) is 317 Å². The molecular formula is C118H176Cl8Zr4. The summed E-state index contributed by atoms with van der Waals surface area (Å²) in [5.41, 5.74) is 8.34. The van der Waals surface area contributed by atoms with Crippen molar-refractivity contribution in [2.45, 2.75) is 294 Å². The van der Waals surface area contributed by atoms with Crippen LogP contribution >= 0.6 is 68.1 Å². The SMILES string of the molecule is C=CCCC1CC(C(CCCC)(CCCC)C2CCCC2)C2C=CC=CC12.C=CCCC1CC(C(c2ccccc2)(c2ccccc2)C2CCCC2)C2C=CC=CC12.C=CCCC1CC(C2(C3CCCC3)CCCCC2)C2C=CC=CC12.C=CCCC1CC(C2(C3CCCC3)CCCc3ccccc32)C2C=CC=CC12.[CH3-].[CH3-].[CH3-].[CH3-].[CH3-].[CH3-].[CH3-].[CH3-].[Cl][Zr+2][Cl].[Cl][Zr+2][Cl].[Cl][Zr+2][Cl].[Cl][Zr+2][Cl]. The van der Waals surface area contributed by atoms with E-state index in [1.54, 1.807) is 22.3 Å². The normalized spacial score (nSPS) is 28.4. The second-order valence-electron chi connectivity index (χ2n) is 39.2. The van der Waals surface area contributed by atoms with Gasteiger partial charge in [0, 0.05) is 10.8 Å². The van der Waals surface area contributed by atoms with E-state index in [0.29, 0.717) is 34.0 Å². The van der Waals surface area contributed by atoms with Gasteiger partial charge in [-0.2, -0.15) is 0 Å². The van der Waals surface area contributed by atoms with Gasteiger partial charge in [-0.05, 0) is 325 Å². The number of fused-ring (bicyclic) bond motifs is 5. The Labute approximate surface area is 878 Å². The molecule has 0 saturated heterocycles. The second kappa shape index (κ2) is 68.6. The molecule has 0 aromatic heterocycles. The van der Waals surface area contributed by atoms with E-state index in [4.69, 9.17) is 68.1 Å². The third kappa shape index (κ3) is 31.7. The molecular weight excluding hydrogens is 2070 g/mol. The molecule has 17 rings (SSSR count). The van der Waals surface area contributed by atoms with Crippen LogP contribution in [0.1, 0.15) is 299 Å². The summed E-state index contributed by atoms with van der Waals surface area (Å²) in [4.78, 5) is 0. The molecule has 0 radical (unpaired) electrons. The van der Waals surface area contributed by atoms with Gasteiger partial charge < -0.3 is 59.4 Å². The average Bonchev–Trinajstić information content (AvgIpc) is 1.52. The second-order valence-corrected chi connectivity index (χ2v) is 54.1. The average molecular weight is 2240 g/mol. The Morgan fingerprint density at radius 3 is 1.09 bits per heavy atom. The number of allylic oxidation sites excluding steroid dienone is 20. The summed E-state index contributed by atoms with van der Waals surface area (Å²) < 4.78 is 0. The first-order valence-electron chi connectivity index (χ1n) is 48.9. The quantitative estimate of drug-likeness (QED) is 0.0502. The van der Waals surface area contributed by atoms with Crippen molar-refractivity contribution in [3.63, 3.8) is 0 Å². The van der Waals surface area contributed by atoms with Crippen LogP contribution in [0.5, 0.6) is 0 Å². The van der Waals surface area contributed by atoms with E-state index in [9.17, 15) is 0 Å². The minimum atomic E-state index is -0.826. The zero-order chi connectivity index (χ0) is 86.4. The van der Waals surface area contributed by atoms with Gasteiger partial charge in [0.05, 0.1) is 0 Å². The molecule has 14 aliphatic carbocycles. The minimum absolute atomic E-state index is 0. The predicted molar refractivity (Wildman–Crippen MR) is 573 cm³/mol. The molecule has 130 heavy (non-hydrogen) atoms. The van der Waals surface area contributed by atoms with Gasteiger partial charge in [0.15, 0.2) is 0 Å². The first-order valence-corrected chi connectivity index (χ1v) is 74.2. The molecule has 0 bridgehead atoms. The van der Waals surface area contributed by atoms with Crippen molar-refractivity contribution >= 4 is 68.1 Å². The van der Waals surface area contributed by atoms with Gasteiger partial charge in [-0.3, -0.25) is 0 Å². The topological polar surface area (TPSA) is 0 Å². The van der Waals surface area contributed by atoms with Crippen LogP contribution in [0.4, 0.5) is 0 Å². The van der Waals surface area contributed by atoms with E-state index in [2.05, 4.69) is 247 Å². The summed E-state index contributed by atoms with van der Waals surface area (Å²) in [6, 6.07) is 32.7. The molecule has 12 heteroatoms. The predicted octanol–water partition coefficient (Wildman–Crippen LogP) is 40.2. The van der Waals surface area contributed by atoms with Crippen LogP contribution in [0.25, 0.3) is 0 Å². The fraction of sp³-hybridized carbons (Fsp3) is 0.576. The molecule has 0 spiro atoms. The van der Waals surface area contributed by atoms with Gasteiger partial charge in [-0.15, -0.1) is 26.3 Å². The molecule has 3 aromatic rings. The molecule has 0 N–H and O–H groups in total. The van der Waals surface area contributed by atoms with Crippen LogP contribution < -0.4 is 0 Å². The maximum atomic E-state index is 4.93. The summed E-state index contributed by atoms with van der Waals surface area (Å²) in [6.45, 7) is 20.8. The van der Waals surface area contributed by atoms with Gasteiger partial charge in [0.2, 0.25) is 0 Å². The number of hydrogen-bond donors (Lipinski definition) is 0. The van der Waals surface area contributed by atoms with Gasteiger partial charge in [0.1, 0.15) is 0 Å². The molecule has 0 nitrogen and oxygen atoms in total. The van der Waals surface area contributed by atoms with Crippen LogP contribution in [0, 0.1) is 189 Å². The van der Waals surface area contributed by atoms with Crippen molar-refractivity contribution in [3.8, 4) is 0 Å². The number of benzene rings is 3. The number of halogens is 8. The Bertz CT molecular complexity index is 3680. The summed E-state index contributed by atoms with van der Waals surface area (Å²) >= 11 is -3.30. The fourth-order valence-electron chi connectivity index (χ4n) is 29.6. The van der Waals surface area contributed by atoms with Crippen molar-refractivity contribution in [2.24, 2.45) is 129 Å². The molecule has 17 unspecified atom stereocenters. The van der Waals surface area contributed by atoms with E-state index in [0.717, 1.165) is 107 Å². The molecule has 9 fully saturated rings. The zero-order valence-corrected chi connectivity index (χ0v) is 98.6. The van der Waals surface area contributed by atoms with Crippen molar-refractivity contribution in [3.05, 3.63) is 314 Å². The fourth-order valence-corrected chi connectivity index (χ4v) is 29.6. The first-order chi connectivity index (χ1) is 60.0. The van der Waals surface area contributed by atoms with Gasteiger partial charge >= 0.3 is 151 Å². The van der Waals surface area contributed by atoms with E-state index in [1.807, 2.05) is 0 Å². The van der Waals surface area contributed by atoms with Crippen molar-refractivity contribution in [1.29, 1.82) is 0 Å². The monoisotopic (exact) mass is 2230 g/mol. The Hall–Kier alpha value is 0.392. The van der Waals surface area contributed by atoms with Crippen LogP contribution in [0.15, 0.2) is 233 Å². The van der Waals surface area contributed by atoms with Gasteiger partial charge in [-0.25, -0.2) is 0 Å². The van der Waals surface area contributed by atoms with E-state index in [1.165, 1.54) is 263 Å². The zero-order valence-electron chi connectivity index (χ0n) is 82.7. The van der Waals surface area contributed by atoms with Crippen LogP contribution in [-0.2, 0) is 101 Å². The molecule has 0 aliphatic heterocycles. The third-order valence-electron chi connectivity index (χ3n) is 34.1. The number of hydrogen-bond acceptors (Lipinski definition) is 0. The Kier molecular flexibility index (Phi) is 66.7. The summed E-state index contributed by atoms with van der Waals surface area (Å²) in [5, 5.41) is 0. The van der Waals surface area contributed by atoms with Crippen molar-refractivity contribution in [2.75, 3.05) is 0 Å². The molecule has 0 heterocycles. The van der Waals surface area contributed by atoms with Crippen LogP contribution in [-0.4, -0.2) is 0 Å². The van der Waals surface area contributed by atoms with Crippen LogP contribution in [0.3, 0.4) is 0 Å². The summed E-state index contributed by atoms with van der Waals surface area (Å²) in [5.74, 6) is 16.4. The number of aryl methyl sites for hydroxylation is 1. The number of rotatable bonds is 28. The molecule has 17 atom stereocenters. The molecule has 720 valence electrons. The first kappa shape index (κ1) is 126. The molecule has 9 saturated carbocycles. The Balaban J connectivity index is 0.000000553. The summed E-state index contributed by atoms with van der Waals surface area (Å²) in [7, 11) is 39.5. The Morgan fingerprint density at radius 2 is 0.677 bits per heavy atom. The van der Waals surface area contributed by atoms with Crippen molar-refractivity contribution < 1.29 is 83.4 Å². The van der Waals surface area contributed by atoms with E-state index in [-0.39, 0.29) is 64.8 Å². The third-order valence-corrected chi connectivity index (χ3v) is 34.1. The molecule has 0 amide bonds. The van der Waals surface area contributed by atoms with Gasteiger partial charge in [0.25, 0.3) is 0 Å². The molecule has 14 aliphatic rings. The number of unbranched alkanes of at least 4 members (excludes halogenated alkanes) is 2. The Morgan fingerprint density at radius 1 is 0.346 bits per heavy atom.